The van der Waals surface area contributed by atoms with Crippen LogP contribution in [0.5, 0.6) is 11.5 Å². The maximum Gasteiger partial charge on any atom is 0.274 e. The molecule has 2 aromatic carbocycles. The third kappa shape index (κ3) is 4.32. The number of rotatable bonds is 4. The lowest BCUT2D eigenvalue weighted by atomic mass is 9.87. The summed E-state index contributed by atoms with van der Waals surface area (Å²) in [6.07, 6.45) is 1.61. The summed E-state index contributed by atoms with van der Waals surface area (Å²) in [5, 5.41) is 6.16. The highest BCUT2D eigenvalue weighted by atomic mass is 16.7. The summed E-state index contributed by atoms with van der Waals surface area (Å²) in [4.78, 5) is 16.8. The van der Waals surface area contributed by atoms with Gasteiger partial charge in [0.2, 0.25) is 6.79 Å². The maximum atomic E-state index is 12.6. The molecule has 0 radical (unpaired) electrons. The number of ether oxygens (including phenoxy) is 2. The fourth-order valence-electron chi connectivity index (χ4n) is 3.02. The molecule has 1 aliphatic heterocycles. The van der Waals surface area contributed by atoms with Crippen molar-refractivity contribution < 1.29 is 14.3 Å². The molecule has 3 aromatic rings. The van der Waals surface area contributed by atoms with Crippen molar-refractivity contribution in [1.29, 1.82) is 0 Å². The molecule has 1 aromatic heterocycles. The first-order valence-corrected chi connectivity index (χ1v) is 9.43. The molecule has 148 valence electrons. The van der Waals surface area contributed by atoms with Crippen molar-refractivity contribution in [3.05, 3.63) is 72.1 Å². The molecule has 0 aliphatic carbocycles. The summed E-state index contributed by atoms with van der Waals surface area (Å²) in [5.74, 6) is 0.991. The number of carbonyl (C=O) groups excluding carboxylic acids is 1. The van der Waals surface area contributed by atoms with E-state index in [2.05, 4.69) is 48.5 Å². The van der Waals surface area contributed by atoms with Gasteiger partial charge in [-0.15, -0.1) is 0 Å². The molecule has 0 unspecified atom stereocenters. The van der Waals surface area contributed by atoms with Crippen molar-refractivity contribution in [2.24, 2.45) is 0 Å². The van der Waals surface area contributed by atoms with Gasteiger partial charge in [0.1, 0.15) is 5.69 Å². The Hall–Kier alpha value is -3.54. The van der Waals surface area contributed by atoms with Crippen LogP contribution in [0.3, 0.4) is 0 Å². The van der Waals surface area contributed by atoms with E-state index < -0.39 is 0 Å². The van der Waals surface area contributed by atoms with Crippen LogP contribution in [-0.2, 0) is 5.41 Å². The number of benzene rings is 2. The second kappa shape index (κ2) is 7.47. The lowest BCUT2D eigenvalue weighted by molar-refractivity contribution is 0.102. The molecule has 0 spiro atoms. The van der Waals surface area contributed by atoms with Gasteiger partial charge in [0, 0.05) is 29.3 Å². The topological polar surface area (TPSA) is 72.5 Å². The minimum Gasteiger partial charge on any atom is -0.454 e. The predicted molar refractivity (Wildman–Crippen MR) is 113 cm³/mol. The quantitative estimate of drug-likeness (QED) is 0.649. The van der Waals surface area contributed by atoms with Crippen LogP contribution >= 0.6 is 0 Å². The number of aromatic nitrogens is 1. The van der Waals surface area contributed by atoms with Gasteiger partial charge in [-0.2, -0.15) is 0 Å². The number of pyridine rings is 1. The van der Waals surface area contributed by atoms with Crippen molar-refractivity contribution in [3.8, 4) is 11.5 Å². The zero-order valence-corrected chi connectivity index (χ0v) is 16.7. The van der Waals surface area contributed by atoms with Gasteiger partial charge in [0.15, 0.2) is 11.5 Å². The van der Waals surface area contributed by atoms with E-state index in [0.29, 0.717) is 22.9 Å². The maximum absolute atomic E-state index is 12.6. The van der Waals surface area contributed by atoms with Gasteiger partial charge in [0.05, 0.1) is 0 Å². The van der Waals surface area contributed by atoms with Gasteiger partial charge in [-0.05, 0) is 47.4 Å². The predicted octanol–water partition coefficient (Wildman–Crippen LogP) is 5.10. The summed E-state index contributed by atoms with van der Waals surface area (Å²) in [6.45, 7) is 6.74. The van der Waals surface area contributed by atoms with Crippen LogP contribution in [0, 0.1) is 0 Å². The second-order valence-corrected chi connectivity index (χ2v) is 7.90. The minimum atomic E-state index is -0.296. The van der Waals surface area contributed by atoms with Crippen molar-refractivity contribution in [1.82, 2.24) is 4.98 Å². The van der Waals surface area contributed by atoms with E-state index >= 15 is 0 Å². The van der Waals surface area contributed by atoms with Crippen LogP contribution in [0.2, 0.25) is 0 Å². The molecular weight excluding hydrogens is 366 g/mol. The van der Waals surface area contributed by atoms with E-state index in [9.17, 15) is 4.79 Å². The highest BCUT2D eigenvalue weighted by molar-refractivity contribution is 6.03. The van der Waals surface area contributed by atoms with E-state index in [0.717, 1.165) is 11.4 Å². The van der Waals surface area contributed by atoms with E-state index in [1.807, 2.05) is 18.2 Å². The van der Waals surface area contributed by atoms with Gasteiger partial charge >= 0.3 is 0 Å². The van der Waals surface area contributed by atoms with Crippen LogP contribution in [-0.4, -0.2) is 17.7 Å². The van der Waals surface area contributed by atoms with Gasteiger partial charge in [-0.1, -0.05) is 32.9 Å². The normalized spacial score (nSPS) is 12.5. The molecule has 4 rings (SSSR count). The molecule has 0 saturated carbocycles. The first kappa shape index (κ1) is 18.8. The number of anilines is 3. The fourth-order valence-corrected chi connectivity index (χ4v) is 3.02. The Morgan fingerprint density at radius 1 is 0.897 bits per heavy atom. The number of fused-ring (bicyclic) bond motifs is 1. The number of hydrogen-bond donors (Lipinski definition) is 2. The molecule has 29 heavy (non-hydrogen) atoms. The van der Waals surface area contributed by atoms with Gasteiger partial charge in [0.25, 0.3) is 5.91 Å². The van der Waals surface area contributed by atoms with Crippen LogP contribution in [0.15, 0.2) is 60.8 Å². The Kier molecular flexibility index (Phi) is 4.84. The molecule has 6 heteroatoms. The molecule has 6 nitrogen and oxygen atoms in total. The van der Waals surface area contributed by atoms with Crippen molar-refractivity contribution >= 4 is 23.0 Å². The number of hydrogen-bond acceptors (Lipinski definition) is 5. The Bertz CT molecular complexity index is 1040. The van der Waals surface area contributed by atoms with E-state index in [1.54, 1.807) is 30.5 Å². The Morgan fingerprint density at radius 3 is 2.38 bits per heavy atom. The summed E-state index contributed by atoms with van der Waals surface area (Å²) in [5.41, 5.74) is 4.05. The molecule has 0 atom stereocenters. The third-order valence-corrected chi connectivity index (χ3v) is 4.66. The van der Waals surface area contributed by atoms with Gasteiger partial charge in [-0.3, -0.25) is 9.78 Å². The van der Waals surface area contributed by atoms with Crippen LogP contribution < -0.4 is 20.1 Å². The SMILES string of the molecule is CC(C)(C)c1ccc(Nc2ccnc(C(=O)Nc3ccc4c(c3)OCO4)c2)cc1. The molecule has 0 bridgehead atoms. The lowest BCUT2D eigenvalue weighted by Crippen LogP contribution is -2.13. The molecule has 1 amide bonds. The average molecular weight is 389 g/mol. The van der Waals surface area contributed by atoms with Crippen molar-refractivity contribution in [2.45, 2.75) is 26.2 Å². The third-order valence-electron chi connectivity index (χ3n) is 4.66. The van der Waals surface area contributed by atoms with E-state index in [4.69, 9.17) is 9.47 Å². The molecular formula is C23H23N3O3. The number of nitrogens with zero attached hydrogens (tertiary/aromatic N) is 1. The monoisotopic (exact) mass is 389 g/mol. The molecule has 2 N–H and O–H groups in total. The number of amides is 1. The summed E-state index contributed by atoms with van der Waals surface area (Å²) in [7, 11) is 0. The van der Waals surface area contributed by atoms with Crippen LogP contribution in [0.25, 0.3) is 0 Å². The molecule has 2 heterocycles. The largest absolute Gasteiger partial charge is 0.454 e. The first-order chi connectivity index (χ1) is 13.9. The summed E-state index contributed by atoms with van der Waals surface area (Å²) >= 11 is 0. The zero-order chi connectivity index (χ0) is 20.4. The average Bonchev–Trinajstić information content (AvgIpc) is 3.16. The van der Waals surface area contributed by atoms with Gasteiger partial charge < -0.3 is 20.1 Å². The van der Waals surface area contributed by atoms with Crippen LogP contribution in [0.4, 0.5) is 17.1 Å². The van der Waals surface area contributed by atoms with Crippen molar-refractivity contribution in [2.75, 3.05) is 17.4 Å². The highest BCUT2D eigenvalue weighted by Gasteiger charge is 2.16. The minimum absolute atomic E-state index is 0.106. The standard InChI is InChI=1S/C23H23N3O3/c1-23(2,3)15-4-6-16(7-5-15)25-18-10-11-24-19(12-18)22(27)26-17-8-9-20-21(13-17)29-14-28-20/h4-13H,14H2,1-3H3,(H,24,25)(H,26,27). The number of carbonyl (C=O) groups is 1. The first-order valence-electron chi connectivity index (χ1n) is 9.43. The molecule has 0 saturated heterocycles. The molecule has 0 fully saturated rings. The Morgan fingerprint density at radius 2 is 1.62 bits per heavy atom. The second-order valence-electron chi connectivity index (χ2n) is 7.90. The smallest absolute Gasteiger partial charge is 0.274 e. The highest BCUT2D eigenvalue weighted by Crippen LogP contribution is 2.34. The summed E-state index contributed by atoms with van der Waals surface area (Å²) in [6, 6.07) is 17.1. The van der Waals surface area contributed by atoms with E-state index in [-0.39, 0.29) is 18.1 Å². The zero-order valence-electron chi connectivity index (χ0n) is 16.7. The Labute approximate surface area is 169 Å². The fraction of sp³-hybridized carbons (Fsp3) is 0.217. The van der Waals surface area contributed by atoms with Crippen LogP contribution in [0.1, 0.15) is 36.8 Å². The lowest BCUT2D eigenvalue weighted by Gasteiger charge is -2.19. The van der Waals surface area contributed by atoms with E-state index in [1.165, 1.54) is 5.56 Å². The van der Waals surface area contributed by atoms with Gasteiger partial charge in [-0.25, -0.2) is 0 Å². The Balaban J connectivity index is 1.46. The number of nitrogens with one attached hydrogen (secondary N) is 2. The molecule has 1 aliphatic rings. The summed E-state index contributed by atoms with van der Waals surface area (Å²) < 4.78 is 10.6. The van der Waals surface area contributed by atoms with Crippen molar-refractivity contribution in [3.63, 3.8) is 0 Å².